The van der Waals surface area contributed by atoms with Crippen LogP contribution >= 0.6 is 0 Å². The molecule has 2 N–H and O–H groups in total. The molecule has 1 heterocycles. The van der Waals surface area contributed by atoms with Crippen molar-refractivity contribution in [3.05, 3.63) is 24.3 Å². The summed E-state index contributed by atoms with van der Waals surface area (Å²) in [6.45, 7) is 6.22. The molecule has 1 aromatic carbocycles. The minimum absolute atomic E-state index is 0.176. The van der Waals surface area contributed by atoms with Crippen LogP contribution < -0.4 is 15.4 Å². The average Bonchev–Trinajstić information content (AvgIpc) is 2.53. The van der Waals surface area contributed by atoms with Gasteiger partial charge in [-0.05, 0) is 45.4 Å². The van der Waals surface area contributed by atoms with E-state index >= 15 is 0 Å². The topological polar surface area (TPSA) is 53.6 Å². The number of carbonyl (C=O) groups excluding carboxylic acids is 1. The maximum absolute atomic E-state index is 12.0. The van der Waals surface area contributed by atoms with Gasteiger partial charge in [0.15, 0.2) is 0 Å². The number of urea groups is 1. The van der Waals surface area contributed by atoms with E-state index in [9.17, 15) is 4.79 Å². The SMILES string of the molecule is COc1cccc(NC(=O)NC[C@H](C)N2CCCC[C@@H]2C)c1. The van der Waals surface area contributed by atoms with Gasteiger partial charge >= 0.3 is 6.03 Å². The minimum atomic E-state index is -0.176. The Morgan fingerprint density at radius 3 is 3.00 bits per heavy atom. The molecule has 2 atom stereocenters. The highest BCUT2D eigenvalue weighted by atomic mass is 16.5. The molecule has 0 spiro atoms. The van der Waals surface area contributed by atoms with E-state index in [1.54, 1.807) is 13.2 Å². The van der Waals surface area contributed by atoms with Crippen LogP contribution in [0.2, 0.25) is 0 Å². The maximum atomic E-state index is 12.0. The van der Waals surface area contributed by atoms with Gasteiger partial charge in [0.25, 0.3) is 0 Å². The monoisotopic (exact) mass is 305 g/mol. The average molecular weight is 305 g/mol. The van der Waals surface area contributed by atoms with Crippen LogP contribution in [0.3, 0.4) is 0 Å². The molecule has 122 valence electrons. The lowest BCUT2D eigenvalue weighted by molar-refractivity contribution is 0.114. The lowest BCUT2D eigenvalue weighted by Crippen LogP contribution is -2.49. The fourth-order valence-corrected chi connectivity index (χ4v) is 3.01. The summed E-state index contributed by atoms with van der Waals surface area (Å²) >= 11 is 0. The van der Waals surface area contributed by atoms with Crippen LogP contribution in [-0.4, -0.2) is 43.2 Å². The van der Waals surface area contributed by atoms with Crippen molar-refractivity contribution in [2.75, 3.05) is 25.5 Å². The maximum Gasteiger partial charge on any atom is 0.319 e. The minimum Gasteiger partial charge on any atom is -0.497 e. The molecule has 1 aliphatic heterocycles. The van der Waals surface area contributed by atoms with E-state index < -0.39 is 0 Å². The van der Waals surface area contributed by atoms with E-state index in [0.717, 1.165) is 18.0 Å². The Kier molecular flexibility index (Phi) is 6.07. The molecule has 1 fully saturated rings. The van der Waals surface area contributed by atoms with Crippen molar-refractivity contribution in [1.82, 2.24) is 10.2 Å². The number of benzene rings is 1. The summed E-state index contributed by atoms with van der Waals surface area (Å²) in [7, 11) is 1.61. The van der Waals surface area contributed by atoms with Gasteiger partial charge in [0, 0.05) is 30.4 Å². The zero-order valence-corrected chi connectivity index (χ0v) is 13.8. The van der Waals surface area contributed by atoms with Crippen molar-refractivity contribution < 1.29 is 9.53 Å². The predicted molar refractivity (Wildman–Crippen MR) is 89.5 cm³/mol. The second-order valence-electron chi connectivity index (χ2n) is 6.00. The number of anilines is 1. The Labute approximate surface area is 133 Å². The van der Waals surface area contributed by atoms with Crippen LogP contribution in [0.25, 0.3) is 0 Å². The fraction of sp³-hybridized carbons (Fsp3) is 0.588. The van der Waals surface area contributed by atoms with E-state index in [4.69, 9.17) is 4.74 Å². The zero-order chi connectivity index (χ0) is 15.9. The number of nitrogens with zero attached hydrogens (tertiary/aromatic N) is 1. The summed E-state index contributed by atoms with van der Waals surface area (Å²) in [4.78, 5) is 14.5. The summed E-state index contributed by atoms with van der Waals surface area (Å²) in [6, 6.07) is 8.13. The zero-order valence-electron chi connectivity index (χ0n) is 13.8. The number of nitrogens with one attached hydrogen (secondary N) is 2. The number of carbonyl (C=O) groups is 1. The van der Waals surface area contributed by atoms with Crippen LogP contribution in [0.5, 0.6) is 5.75 Å². The molecule has 0 saturated carbocycles. The Morgan fingerprint density at radius 2 is 2.27 bits per heavy atom. The predicted octanol–water partition coefficient (Wildman–Crippen LogP) is 3.08. The highest BCUT2D eigenvalue weighted by Gasteiger charge is 2.23. The molecule has 0 radical (unpaired) electrons. The lowest BCUT2D eigenvalue weighted by Gasteiger charge is -2.38. The first-order valence-electron chi connectivity index (χ1n) is 8.05. The van der Waals surface area contributed by atoms with E-state index in [-0.39, 0.29) is 6.03 Å². The van der Waals surface area contributed by atoms with Gasteiger partial charge in [0.1, 0.15) is 5.75 Å². The Hall–Kier alpha value is -1.75. The third-order valence-corrected chi connectivity index (χ3v) is 4.31. The van der Waals surface area contributed by atoms with Gasteiger partial charge in [-0.15, -0.1) is 0 Å². The van der Waals surface area contributed by atoms with E-state index in [2.05, 4.69) is 29.4 Å². The Morgan fingerprint density at radius 1 is 1.45 bits per heavy atom. The smallest absolute Gasteiger partial charge is 0.319 e. The molecule has 2 rings (SSSR count). The van der Waals surface area contributed by atoms with Gasteiger partial charge in [-0.2, -0.15) is 0 Å². The molecule has 22 heavy (non-hydrogen) atoms. The molecule has 1 aliphatic rings. The molecule has 0 aliphatic carbocycles. The second-order valence-corrected chi connectivity index (χ2v) is 6.00. The first-order chi connectivity index (χ1) is 10.6. The molecule has 1 saturated heterocycles. The van der Waals surface area contributed by atoms with Gasteiger partial charge in [0.2, 0.25) is 0 Å². The molecule has 0 bridgehead atoms. The molecule has 1 aromatic rings. The first kappa shape index (κ1) is 16.6. The van der Waals surface area contributed by atoms with Crippen molar-refractivity contribution in [1.29, 1.82) is 0 Å². The number of hydrogen-bond acceptors (Lipinski definition) is 3. The number of piperidine rings is 1. The summed E-state index contributed by atoms with van der Waals surface area (Å²) in [5.41, 5.74) is 0.732. The molecule has 0 unspecified atom stereocenters. The second kappa shape index (κ2) is 8.03. The van der Waals surface area contributed by atoms with Crippen molar-refractivity contribution in [2.24, 2.45) is 0 Å². The van der Waals surface area contributed by atoms with E-state index in [1.807, 2.05) is 18.2 Å². The van der Waals surface area contributed by atoms with Crippen LogP contribution in [0.4, 0.5) is 10.5 Å². The fourth-order valence-electron chi connectivity index (χ4n) is 3.01. The number of amides is 2. The third-order valence-electron chi connectivity index (χ3n) is 4.31. The van der Waals surface area contributed by atoms with Crippen molar-refractivity contribution in [3.63, 3.8) is 0 Å². The van der Waals surface area contributed by atoms with Crippen LogP contribution in [0.15, 0.2) is 24.3 Å². The van der Waals surface area contributed by atoms with Crippen LogP contribution in [0, 0.1) is 0 Å². The highest BCUT2D eigenvalue weighted by molar-refractivity contribution is 5.89. The summed E-state index contributed by atoms with van der Waals surface area (Å²) in [6.07, 6.45) is 3.82. The number of likely N-dealkylation sites (tertiary alicyclic amines) is 1. The molecule has 0 aromatic heterocycles. The first-order valence-corrected chi connectivity index (χ1v) is 8.05. The van der Waals surface area contributed by atoms with Crippen LogP contribution in [-0.2, 0) is 0 Å². The molecule has 5 heteroatoms. The quantitative estimate of drug-likeness (QED) is 0.879. The number of methoxy groups -OCH3 is 1. The van der Waals surface area contributed by atoms with Gasteiger partial charge < -0.3 is 15.4 Å². The largest absolute Gasteiger partial charge is 0.497 e. The normalized spacial score (nSPS) is 20.2. The van der Waals surface area contributed by atoms with Gasteiger partial charge in [-0.25, -0.2) is 4.79 Å². The number of rotatable bonds is 5. The summed E-state index contributed by atoms with van der Waals surface area (Å²) in [5, 5.41) is 5.79. The van der Waals surface area contributed by atoms with E-state index in [1.165, 1.54) is 19.3 Å². The molecule has 5 nitrogen and oxygen atoms in total. The Bertz CT molecular complexity index is 493. The lowest BCUT2D eigenvalue weighted by atomic mass is 10.0. The van der Waals surface area contributed by atoms with Crippen molar-refractivity contribution >= 4 is 11.7 Å². The van der Waals surface area contributed by atoms with Gasteiger partial charge in [-0.1, -0.05) is 12.5 Å². The number of ether oxygens (including phenoxy) is 1. The van der Waals surface area contributed by atoms with Gasteiger partial charge in [0.05, 0.1) is 7.11 Å². The standard InChI is InChI=1S/C17H27N3O2/c1-13-7-4-5-10-20(13)14(2)12-18-17(21)19-15-8-6-9-16(11-15)22-3/h6,8-9,11,13-14H,4-5,7,10,12H2,1-3H3,(H2,18,19,21)/t13-,14-/m0/s1. The van der Waals surface area contributed by atoms with Crippen molar-refractivity contribution in [2.45, 2.75) is 45.2 Å². The molecular weight excluding hydrogens is 278 g/mol. The highest BCUT2D eigenvalue weighted by Crippen LogP contribution is 2.19. The van der Waals surface area contributed by atoms with Crippen molar-refractivity contribution in [3.8, 4) is 5.75 Å². The summed E-state index contributed by atoms with van der Waals surface area (Å²) in [5.74, 6) is 0.730. The Balaban J connectivity index is 1.79. The van der Waals surface area contributed by atoms with Crippen LogP contribution in [0.1, 0.15) is 33.1 Å². The molecule has 2 amide bonds. The number of hydrogen-bond donors (Lipinski definition) is 2. The van der Waals surface area contributed by atoms with E-state index in [0.29, 0.717) is 18.6 Å². The molecular formula is C17H27N3O2. The third kappa shape index (κ3) is 4.63. The van der Waals surface area contributed by atoms with Gasteiger partial charge in [-0.3, -0.25) is 4.90 Å². The summed E-state index contributed by atoms with van der Waals surface area (Å²) < 4.78 is 5.15.